The molecule has 41 heteroatoms. The minimum Gasteiger partial charge on any atom is -0.481 e. The van der Waals surface area contributed by atoms with Gasteiger partial charge < -0.3 is 81.1 Å². The van der Waals surface area contributed by atoms with Crippen molar-refractivity contribution in [1.29, 1.82) is 0 Å². The van der Waals surface area contributed by atoms with Gasteiger partial charge in [-0.25, -0.2) is 24.4 Å². The van der Waals surface area contributed by atoms with Gasteiger partial charge >= 0.3 is 66.1 Å². The number of aliphatic carboxylic acids is 8. The number of likely N-dealkylation sites (N-methyl/N-ethyl adjacent to an activating group) is 1. The van der Waals surface area contributed by atoms with Crippen LogP contribution in [0.5, 0.6) is 0 Å². The summed E-state index contributed by atoms with van der Waals surface area (Å²) in [6, 6.07) is 3.95. The number of amides is 3. The number of unbranched alkanes of at least 4 members (excludes halogenated alkanes) is 10. The van der Waals surface area contributed by atoms with E-state index in [1.807, 2.05) is 36.2 Å². The minimum absolute atomic E-state index is 0. The number of rotatable bonds is 49. The molecule has 2 aliphatic heterocycles. The summed E-state index contributed by atoms with van der Waals surface area (Å²) in [7, 11) is 1.93. The largest absolute Gasteiger partial charge is 0.481 e. The molecule has 1 unspecified atom stereocenters. The molecular formula is C72H108LuN18O22. The summed E-state index contributed by atoms with van der Waals surface area (Å²) in [5.41, 5.74) is 1.90. The standard InChI is InChI=1S/C70H108N18O18.2CO2.Lu/c1-80-31-32-82(46-61(92)93)33-34-83(47-62(94)95)37-40-86(48-63(96)97)53(43-80)41-51-17-19-52(20-18-51)42-56-77-68(74-24-11-8-14-28-84(44-57-71-25-29-87(57)49-64(98)99)45-58-72-26-30-88(58)50-65(100)101)79-69(78-56)85-38-35-81(36-39-85)27-13-7-5-3-2-4-6-9-16-59(89)73-23-12-10-15-54(66(102)103)75-70(106)76-55(67(104)105)21-22-60(90)91;2*2-1-3;/h17-20,25-26,29-30,53-55H,2-16,21-24,27-28,31-50H2,1H3,(H,73,89)(H,90,91)(H,92,93)(H,94,95)(H,96,97)(H,98,99)(H,100,101)(H,102,103)(H,104,105)(H2,75,76,106)(H,74,77,78,79);;;/t53?,54-,55-;;;/m0.../s1. The maximum Gasteiger partial charge on any atom is 0.373 e. The van der Waals surface area contributed by atoms with Crippen LogP contribution in [-0.4, -0.2) is 319 Å². The topological polar surface area (TPSA) is 546 Å². The van der Waals surface area contributed by atoms with Gasteiger partial charge in [0.05, 0.1) is 32.7 Å². The second kappa shape index (κ2) is 55.9. The fraction of sp³-hybridized carbons (Fsp3) is 0.625. The fourth-order valence-corrected chi connectivity index (χ4v) is 12.9. The molecule has 2 fully saturated rings. The van der Waals surface area contributed by atoms with Crippen molar-refractivity contribution in [2.45, 2.75) is 166 Å². The van der Waals surface area contributed by atoms with Gasteiger partial charge in [-0.15, -0.1) is 0 Å². The molecule has 12 N–H and O–H groups in total. The first kappa shape index (κ1) is 97.7. The second-order valence-electron chi connectivity index (χ2n) is 27.4. The summed E-state index contributed by atoms with van der Waals surface area (Å²) in [6.45, 7) is 7.50. The van der Waals surface area contributed by atoms with E-state index in [-0.39, 0.29) is 120 Å². The molecule has 1 radical (unpaired) electrons. The molecule has 5 heterocycles. The van der Waals surface area contributed by atoms with Crippen LogP contribution in [0, 0.1) is 36.9 Å². The van der Waals surface area contributed by atoms with Gasteiger partial charge in [-0.1, -0.05) is 69.2 Å². The molecule has 3 atom stereocenters. The Bertz CT molecular complexity index is 3580. The van der Waals surface area contributed by atoms with Crippen LogP contribution in [0.15, 0.2) is 49.1 Å². The number of hydrogen-bond donors (Lipinski definition) is 12. The number of aromatic nitrogens is 7. The van der Waals surface area contributed by atoms with E-state index >= 15 is 0 Å². The first-order valence-electron chi connectivity index (χ1n) is 37.4. The monoisotopic (exact) mass is 1750 g/mol. The van der Waals surface area contributed by atoms with Crippen LogP contribution in [0.2, 0.25) is 0 Å². The molecule has 3 aromatic heterocycles. The number of piperazine rings is 1. The normalized spacial score (nSPS) is 15.1. The van der Waals surface area contributed by atoms with Gasteiger partial charge in [-0.3, -0.25) is 58.1 Å². The van der Waals surface area contributed by atoms with E-state index in [1.54, 1.807) is 43.7 Å². The molecule has 4 aromatic rings. The third-order valence-electron chi connectivity index (χ3n) is 18.6. The predicted octanol–water partition coefficient (Wildman–Crippen LogP) is 1.15. The Morgan fingerprint density at radius 1 is 0.513 bits per heavy atom. The van der Waals surface area contributed by atoms with Crippen LogP contribution in [0.4, 0.5) is 16.7 Å². The van der Waals surface area contributed by atoms with Crippen molar-refractivity contribution in [3.63, 3.8) is 0 Å². The summed E-state index contributed by atoms with van der Waals surface area (Å²) in [5, 5.41) is 86.8. The van der Waals surface area contributed by atoms with Crippen LogP contribution >= 0.6 is 0 Å². The first-order valence-corrected chi connectivity index (χ1v) is 37.4. The third kappa shape index (κ3) is 42.3. The zero-order valence-electron chi connectivity index (χ0n) is 63.7. The molecule has 2 aliphatic rings. The number of nitrogens with zero attached hydrogens (tertiary/aromatic N) is 14. The summed E-state index contributed by atoms with van der Waals surface area (Å²) in [6.07, 6.45) is 18.5. The zero-order valence-corrected chi connectivity index (χ0v) is 65.3. The van der Waals surface area contributed by atoms with Crippen molar-refractivity contribution in [2.75, 3.05) is 135 Å². The van der Waals surface area contributed by atoms with Crippen molar-refractivity contribution < 1.29 is 145 Å². The van der Waals surface area contributed by atoms with Crippen molar-refractivity contribution in [2.24, 2.45) is 0 Å². The van der Waals surface area contributed by atoms with E-state index in [9.17, 15) is 83.7 Å². The first-order chi connectivity index (χ1) is 53.7. The van der Waals surface area contributed by atoms with Crippen LogP contribution in [0.1, 0.15) is 138 Å². The van der Waals surface area contributed by atoms with Crippen molar-refractivity contribution in [1.82, 2.24) is 79.4 Å². The van der Waals surface area contributed by atoms with Crippen LogP contribution < -0.4 is 26.2 Å². The quantitative estimate of drug-likeness (QED) is 0.0276. The van der Waals surface area contributed by atoms with Crippen molar-refractivity contribution >= 4 is 83.9 Å². The predicted molar refractivity (Wildman–Crippen MR) is 396 cm³/mol. The van der Waals surface area contributed by atoms with E-state index in [2.05, 4.69) is 50.8 Å². The summed E-state index contributed by atoms with van der Waals surface area (Å²) in [4.78, 5) is 189. The van der Waals surface area contributed by atoms with Gasteiger partial charge in [-0.2, -0.15) is 34.1 Å². The molecule has 0 aliphatic carbocycles. The average molecular weight is 1750 g/mol. The van der Waals surface area contributed by atoms with E-state index in [0.717, 1.165) is 101 Å². The summed E-state index contributed by atoms with van der Waals surface area (Å²) in [5.74, 6) is -6.43. The fourth-order valence-electron chi connectivity index (χ4n) is 12.9. The van der Waals surface area contributed by atoms with Gasteiger partial charge in [-0.05, 0) is 89.1 Å². The molecule has 0 saturated carbocycles. The molecule has 3 amide bonds. The Morgan fingerprint density at radius 2 is 1.00 bits per heavy atom. The van der Waals surface area contributed by atoms with E-state index in [1.165, 1.54) is 0 Å². The zero-order chi connectivity index (χ0) is 82.2. The molecule has 1 aromatic carbocycles. The Kier molecular flexibility index (Phi) is 48.3. The number of imidazole rings is 2. The molecule has 113 heavy (non-hydrogen) atoms. The smallest absolute Gasteiger partial charge is 0.373 e. The Labute approximate surface area is 683 Å². The Morgan fingerprint density at radius 3 is 1.54 bits per heavy atom. The number of benzene rings is 1. The molecule has 0 spiro atoms. The number of carboxylic acid groups (broad SMARTS) is 8. The van der Waals surface area contributed by atoms with Crippen molar-refractivity contribution in [3.8, 4) is 0 Å². The Hall–Kier alpha value is -9.50. The van der Waals surface area contributed by atoms with E-state index in [0.29, 0.717) is 140 Å². The van der Waals surface area contributed by atoms with E-state index in [4.69, 9.17) is 39.2 Å². The minimum atomic E-state index is -1.50. The molecule has 0 bridgehead atoms. The van der Waals surface area contributed by atoms with Crippen LogP contribution in [0.25, 0.3) is 0 Å². The van der Waals surface area contributed by atoms with Crippen LogP contribution in [-0.2, 0) is 101 Å². The number of nitrogens with one attached hydrogen (secondary N) is 4. The Balaban J connectivity index is 0.00000457. The average Bonchev–Trinajstić information content (AvgIpc) is 1.46. The number of carbonyl (C=O) groups is 10. The van der Waals surface area contributed by atoms with Gasteiger partial charge in [0.2, 0.25) is 17.8 Å². The summed E-state index contributed by atoms with van der Waals surface area (Å²) >= 11 is 0. The molecular weight excluding hydrogens is 1640 g/mol. The van der Waals surface area contributed by atoms with Gasteiger partial charge in [0.25, 0.3) is 0 Å². The van der Waals surface area contributed by atoms with Gasteiger partial charge in [0.1, 0.15) is 42.6 Å². The second-order valence-corrected chi connectivity index (χ2v) is 27.4. The van der Waals surface area contributed by atoms with Crippen molar-refractivity contribution in [3.05, 3.63) is 77.7 Å². The number of hydrogen-bond acceptors (Lipinski definition) is 27. The number of carboxylic acids is 8. The number of urea groups is 1. The molecule has 2 saturated heterocycles. The van der Waals surface area contributed by atoms with Gasteiger partial charge in [0.15, 0.2) is 0 Å². The maximum atomic E-state index is 12.5. The van der Waals surface area contributed by atoms with E-state index < -0.39 is 72.3 Å². The van der Waals surface area contributed by atoms with Gasteiger partial charge in [0, 0.05) is 172 Å². The molecule has 40 nitrogen and oxygen atoms in total. The number of carbonyl (C=O) groups excluding carboxylic acids is 6. The third-order valence-corrected chi connectivity index (χ3v) is 18.6. The SMILES string of the molecule is CN1CCN(CC(=O)O)CCN(CC(=O)O)CCN(CC(=O)O)C(Cc2ccc(Cc3nc(NCCCCCN(Cc4nccn4CC(=O)O)Cc4nccn4CC(=O)O)nc(N4CCN(CCCCCCCCCCC(=O)NCCCC[C@H](NC(=O)N[C@@H](CCC(=O)O)C(=O)O)C(=O)O)CC4)n3)cc2)C1.O=C=O.O=C=O.[Lu]. The summed E-state index contributed by atoms with van der Waals surface area (Å²) < 4.78 is 3.15. The van der Waals surface area contributed by atoms with Crippen LogP contribution in [0.3, 0.4) is 0 Å². The number of anilines is 2. The molecule has 633 valence electrons. The maximum absolute atomic E-state index is 12.5. The molecule has 6 rings (SSSR count).